The van der Waals surface area contributed by atoms with E-state index in [1.54, 1.807) is 18.2 Å². The van der Waals surface area contributed by atoms with Crippen LogP contribution in [0.1, 0.15) is 68.2 Å². The van der Waals surface area contributed by atoms with Crippen molar-refractivity contribution in [2.45, 2.75) is 81.6 Å². The third-order valence-corrected chi connectivity index (χ3v) is 10.8. The average molecular weight is 702 g/mol. The molecule has 0 saturated carbocycles. The third kappa shape index (κ3) is 7.19. The van der Waals surface area contributed by atoms with Gasteiger partial charge in [-0.25, -0.2) is 8.78 Å². The van der Waals surface area contributed by atoms with Gasteiger partial charge in [0.05, 0.1) is 23.4 Å². The number of hydrogen-bond donors (Lipinski definition) is 2. The number of terminal acetylenes is 1. The molecule has 270 valence electrons. The van der Waals surface area contributed by atoms with Crippen molar-refractivity contribution in [3.8, 4) is 29.9 Å². The summed E-state index contributed by atoms with van der Waals surface area (Å²) in [5.74, 6) is 2.53. The number of nitrogens with zero attached hydrogens (tertiary/aromatic N) is 4. The highest BCUT2D eigenvalue weighted by molar-refractivity contribution is 5.93. The Bertz CT molecular complexity index is 1840. The summed E-state index contributed by atoms with van der Waals surface area (Å²) >= 11 is 0. The molecule has 1 unspecified atom stereocenters. The number of phenols is 1. The van der Waals surface area contributed by atoms with Gasteiger partial charge in [-0.15, -0.1) is 6.42 Å². The number of anilines is 1. The number of aromatic nitrogens is 2. The smallest absolute Gasteiger partial charge is 0.318 e. The number of nitrogens with one attached hydrogen (secondary N) is 1. The number of carbonyl (C=O) groups excluding carboxylic acids is 1. The van der Waals surface area contributed by atoms with Gasteiger partial charge in [0.25, 0.3) is 0 Å². The summed E-state index contributed by atoms with van der Waals surface area (Å²) in [6.45, 7) is 8.87. The summed E-state index contributed by atoms with van der Waals surface area (Å²) in [7, 11) is 0. The van der Waals surface area contributed by atoms with E-state index in [0.29, 0.717) is 79.3 Å². The molecule has 0 spiro atoms. The number of halogens is 2. The number of alkyl halides is 1. The van der Waals surface area contributed by atoms with E-state index in [0.717, 1.165) is 32.1 Å². The van der Waals surface area contributed by atoms with Crippen molar-refractivity contribution in [2.24, 2.45) is 0 Å². The Morgan fingerprint density at radius 1 is 1.24 bits per heavy atom. The van der Waals surface area contributed by atoms with E-state index in [1.807, 2.05) is 6.92 Å². The molecular formula is C39H45F2N5O5. The molecule has 1 amide bonds. The Morgan fingerprint density at radius 3 is 2.84 bits per heavy atom. The lowest BCUT2D eigenvalue weighted by Gasteiger charge is -2.41. The van der Waals surface area contributed by atoms with Gasteiger partial charge in [-0.1, -0.05) is 18.6 Å². The monoisotopic (exact) mass is 701 g/mol. The predicted molar refractivity (Wildman–Crippen MR) is 190 cm³/mol. The Morgan fingerprint density at radius 2 is 2.06 bits per heavy atom. The van der Waals surface area contributed by atoms with E-state index in [4.69, 9.17) is 30.6 Å². The van der Waals surface area contributed by atoms with Crippen LogP contribution in [-0.2, 0) is 16.0 Å². The van der Waals surface area contributed by atoms with Crippen LogP contribution in [0.2, 0.25) is 0 Å². The maximum Gasteiger partial charge on any atom is 0.318 e. The van der Waals surface area contributed by atoms with Crippen molar-refractivity contribution in [1.82, 2.24) is 20.2 Å². The molecule has 0 bridgehead atoms. The Hall–Kier alpha value is -4.47. The van der Waals surface area contributed by atoms with E-state index in [1.165, 1.54) is 12.1 Å². The molecule has 3 saturated heterocycles. The highest BCUT2D eigenvalue weighted by Gasteiger charge is 2.46. The maximum atomic E-state index is 15.0. The van der Waals surface area contributed by atoms with Crippen LogP contribution in [0.25, 0.3) is 10.8 Å². The maximum absolute atomic E-state index is 15.0. The first kappa shape index (κ1) is 35.0. The average Bonchev–Trinajstić information content (AvgIpc) is 3.27. The third-order valence-electron chi connectivity index (χ3n) is 10.8. The molecule has 7 rings (SSSR count). The quantitative estimate of drug-likeness (QED) is 0.242. The first-order valence-electron chi connectivity index (χ1n) is 17.9. The molecule has 4 atom stereocenters. The highest BCUT2D eigenvalue weighted by atomic mass is 19.1. The predicted octanol–water partition coefficient (Wildman–Crippen LogP) is 5.20. The van der Waals surface area contributed by atoms with Crippen LogP contribution in [0, 0.1) is 18.2 Å². The summed E-state index contributed by atoms with van der Waals surface area (Å²) in [5.41, 5.74) is 0.812. The SMILES string of the molecule is C#Cc1c(F)ccc2cc(O)cc([C@@H]3COc4c(nc(OC[C@]5(C)C[C@@H](F)CN5C5CCOCC5)nc4N4CCCCC(NC(=O)C=C)C4)C3)c12. The molecule has 4 aliphatic heterocycles. The minimum Gasteiger partial charge on any atom is -0.508 e. The standard InChI is InChI=1S/C39H45F2N5O5/c1-4-30-32(41)10-9-24-16-29(47)18-31(35(24)30)25-17-33-36(50-22-25)37(45-13-7-6-8-27(21-45)42-34(48)5-2)44-38(43-33)51-23-39(3)19-26(40)20-46(39)28-11-14-49-15-12-28/h1,5,9-10,16,18,25-28,47H,2,6-8,11-15,17,19-23H2,3H3,(H,42,48)/t25-,26+,27?,39-/m0/s1. The minimum atomic E-state index is -0.967. The minimum absolute atomic E-state index is 0.0347. The first-order chi connectivity index (χ1) is 24.7. The number of hydrogen-bond acceptors (Lipinski definition) is 9. The topological polar surface area (TPSA) is 109 Å². The number of ether oxygens (including phenoxy) is 3. The second-order valence-corrected chi connectivity index (χ2v) is 14.5. The van der Waals surface area contributed by atoms with Crippen molar-refractivity contribution < 1.29 is 32.9 Å². The van der Waals surface area contributed by atoms with Gasteiger partial charge < -0.3 is 29.5 Å². The van der Waals surface area contributed by atoms with Crippen LogP contribution in [0.3, 0.4) is 0 Å². The number of amides is 1. The number of carbonyl (C=O) groups is 1. The van der Waals surface area contributed by atoms with Gasteiger partial charge in [0, 0.05) is 69.1 Å². The molecule has 1 aromatic heterocycles. The number of aromatic hydroxyl groups is 1. The van der Waals surface area contributed by atoms with Crippen LogP contribution >= 0.6 is 0 Å². The fourth-order valence-corrected chi connectivity index (χ4v) is 8.38. The second kappa shape index (κ2) is 14.6. The lowest BCUT2D eigenvalue weighted by atomic mass is 9.87. The molecule has 0 radical (unpaired) electrons. The Balaban J connectivity index is 1.24. The van der Waals surface area contributed by atoms with E-state index < -0.39 is 17.5 Å². The molecule has 51 heavy (non-hydrogen) atoms. The van der Waals surface area contributed by atoms with Gasteiger partial charge in [0.1, 0.15) is 24.3 Å². The fourth-order valence-electron chi connectivity index (χ4n) is 8.38. The van der Waals surface area contributed by atoms with Crippen molar-refractivity contribution in [3.63, 3.8) is 0 Å². The normalized spacial score (nSPS) is 25.8. The summed E-state index contributed by atoms with van der Waals surface area (Å²) < 4.78 is 48.5. The summed E-state index contributed by atoms with van der Waals surface area (Å²) in [5, 5.41) is 14.9. The number of fused-ring (bicyclic) bond motifs is 2. The summed E-state index contributed by atoms with van der Waals surface area (Å²) in [6.07, 6.45) is 11.1. The molecule has 4 aliphatic rings. The number of likely N-dealkylation sites (tertiary alicyclic amines) is 1. The number of phenolic OH excluding ortho intramolecular Hbond substituents is 1. The zero-order valence-corrected chi connectivity index (χ0v) is 29.0. The van der Waals surface area contributed by atoms with Crippen molar-refractivity contribution in [1.29, 1.82) is 0 Å². The highest BCUT2D eigenvalue weighted by Crippen LogP contribution is 2.43. The van der Waals surface area contributed by atoms with E-state index in [-0.39, 0.29) is 54.4 Å². The van der Waals surface area contributed by atoms with Gasteiger partial charge in [-0.2, -0.15) is 9.97 Å². The lowest BCUT2D eigenvalue weighted by molar-refractivity contribution is -0.117. The van der Waals surface area contributed by atoms with Crippen molar-refractivity contribution in [3.05, 3.63) is 59.6 Å². The van der Waals surface area contributed by atoms with Crippen LogP contribution < -0.4 is 19.7 Å². The van der Waals surface area contributed by atoms with Crippen LogP contribution in [0.15, 0.2) is 36.9 Å². The van der Waals surface area contributed by atoms with Crippen molar-refractivity contribution >= 4 is 22.5 Å². The molecule has 3 aromatic rings. The fraction of sp³-hybridized carbons (Fsp3) is 0.513. The lowest BCUT2D eigenvalue weighted by Crippen LogP contribution is -2.52. The van der Waals surface area contributed by atoms with E-state index in [2.05, 4.69) is 27.6 Å². The Labute approximate surface area is 297 Å². The zero-order valence-electron chi connectivity index (χ0n) is 29.0. The van der Waals surface area contributed by atoms with Crippen LogP contribution in [-0.4, -0.2) is 95.7 Å². The molecule has 3 fully saturated rings. The summed E-state index contributed by atoms with van der Waals surface area (Å²) in [4.78, 5) is 26.4. The van der Waals surface area contributed by atoms with E-state index in [9.17, 15) is 14.3 Å². The first-order valence-corrected chi connectivity index (χ1v) is 17.9. The Kier molecular flexibility index (Phi) is 10.0. The molecular weight excluding hydrogens is 656 g/mol. The number of benzene rings is 2. The van der Waals surface area contributed by atoms with Crippen LogP contribution in [0.5, 0.6) is 17.5 Å². The molecule has 0 aliphatic carbocycles. The largest absolute Gasteiger partial charge is 0.508 e. The molecule has 2 aromatic carbocycles. The van der Waals surface area contributed by atoms with E-state index >= 15 is 4.39 Å². The molecule has 12 heteroatoms. The number of rotatable bonds is 8. The molecule has 2 N–H and O–H groups in total. The van der Waals surface area contributed by atoms with Gasteiger partial charge in [-0.05, 0) is 74.3 Å². The molecule has 10 nitrogen and oxygen atoms in total. The van der Waals surface area contributed by atoms with Crippen LogP contribution in [0.4, 0.5) is 14.6 Å². The summed E-state index contributed by atoms with van der Waals surface area (Å²) in [6, 6.07) is 6.32. The van der Waals surface area contributed by atoms with Gasteiger partial charge >= 0.3 is 6.01 Å². The molecule has 5 heterocycles. The van der Waals surface area contributed by atoms with Crippen molar-refractivity contribution in [2.75, 3.05) is 51.0 Å². The van der Waals surface area contributed by atoms with Gasteiger partial charge in [0.2, 0.25) is 5.91 Å². The second-order valence-electron chi connectivity index (χ2n) is 14.5. The van der Waals surface area contributed by atoms with Gasteiger partial charge in [-0.3, -0.25) is 9.69 Å². The van der Waals surface area contributed by atoms with Gasteiger partial charge in [0.15, 0.2) is 11.6 Å². The zero-order chi connectivity index (χ0) is 35.7.